The number of carbonyl (C=O) groups excluding carboxylic acids is 2. The quantitative estimate of drug-likeness (QED) is 0.613. The number of amides is 2. The number of aromatic nitrogens is 2. The summed E-state index contributed by atoms with van der Waals surface area (Å²) in [7, 11) is 0. The van der Waals surface area contributed by atoms with Gasteiger partial charge in [0.15, 0.2) is 11.2 Å². The van der Waals surface area contributed by atoms with Crippen LogP contribution >= 0.6 is 23.2 Å². The summed E-state index contributed by atoms with van der Waals surface area (Å²) in [5, 5.41) is 3.91. The Kier molecular flexibility index (Phi) is 4.04. The largest absolute Gasteiger partial charge is 0.329 e. The Morgan fingerprint density at radius 1 is 1.07 bits per heavy atom. The summed E-state index contributed by atoms with van der Waals surface area (Å²) in [6, 6.07) is 10.5. The first-order valence-electron chi connectivity index (χ1n) is 9.56. The molecule has 0 fully saturated rings. The highest BCUT2D eigenvalue weighted by atomic mass is 35.5. The molecular weight excluding hydrogens is 423 g/mol. The Hall–Kier alpha value is -2.83. The van der Waals surface area contributed by atoms with Crippen molar-refractivity contribution in [2.45, 2.75) is 32.4 Å². The van der Waals surface area contributed by atoms with Crippen molar-refractivity contribution in [3.8, 4) is 0 Å². The van der Waals surface area contributed by atoms with Gasteiger partial charge in [-0.1, -0.05) is 35.3 Å². The van der Waals surface area contributed by atoms with Crippen LogP contribution in [-0.2, 0) is 10.3 Å². The summed E-state index contributed by atoms with van der Waals surface area (Å²) in [5.41, 5.74) is 2.05. The van der Waals surface area contributed by atoms with E-state index in [1.165, 1.54) is 4.90 Å². The maximum atomic E-state index is 13.7. The van der Waals surface area contributed by atoms with Gasteiger partial charge in [-0.3, -0.25) is 14.5 Å². The number of nitrogens with one attached hydrogen (secondary N) is 1. The van der Waals surface area contributed by atoms with Crippen LogP contribution in [0.2, 0.25) is 10.0 Å². The van der Waals surface area contributed by atoms with Crippen molar-refractivity contribution in [3.05, 3.63) is 75.3 Å². The number of halogens is 2. The zero-order valence-electron chi connectivity index (χ0n) is 16.5. The third-order valence-electron chi connectivity index (χ3n) is 5.79. The SMILES string of the molecule is Cc1ccc(Cl)cc1N1C(=O)c2ncn(C(C)C)c2C12C(=O)Nc1cc(Cl)ccc12. The number of hydrogen-bond donors (Lipinski definition) is 1. The van der Waals surface area contributed by atoms with Crippen molar-refractivity contribution in [1.82, 2.24) is 9.55 Å². The number of aryl methyl sites for hydroxylation is 1. The number of hydrogen-bond acceptors (Lipinski definition) is 3. The molecule has 0 saturated heterocycles. The molecule has 5 rings (SSSR count). The minimum Gasteiger partial charge on any atom is -0.329 e. The molecule has 0 aliphatic carbocycles. The molecule has 2 aromatic carbocycles. The van der Waals surface area contributed by atoms with E-state index < -0.39 is 5.54 Å². The summed E-state index contributed by atoms with van der Waals surface area (Å²) in [4.78, 5) is 33.3. The fourth-order valence-corrected chi connectivity index (χ4v) is 4.81. The van der Waals surface area contributed by atoms with Crippen molar-refractivity contribution >= 4 is 46.4 Å². The van der Waals surface area contributed by atoms with Crippen LogP contribution in [0.3, 0.4) is 0 Å². The Bertz CT molecular complexity index is 1250. The lowest BCUT2D eigenvalue weighted by Gasteiger charge is -2.36. The van der Waals surface area contributed by atoms with Gasteiger partial charge in [0.25, 0.3) is 11.8 Å². The molecular formula is C22H18Cl2N4O2. The van der Waals surface area contributed by atoms with E-state index in [2.05, 4.69) is 10.3 Å². The van der Waals surface area contributed by atoms with E-state index in [4.69, 9.17) is 23.2 Å². The van der Waals surface area contributed by atoms with Crippen LogP contribution in [0.1, 0.15) is 47.2 Å². The molecule has 1 atom stereocenters. The average Bonchev–Trinajstić information content (AvgIpc) is 3.31. The molecule has 1 unspecified atom stereocenters. The normalized spacial score (nSPS) is 19.6. The number of carbonyl (C=O) groups is 2. The summed E-state index contributed by atoms with van der Waals surface area (Å²) in [6.45, 7) is 5.86. The van der Waals surface area contributed by atoms with Crippen LogP contribution in [0.5, 0.6) is 0 Å². The number of benzene rings is 2. The lowest BCUT2D eigenvalue weighted by molar-refractivity contribution is -0.119. The molecule has 1 aromatic heterocycles. The van der Waals surface area contributed by atoms with Gasteiger partial charge >= 0.3 is 0 Å². The first-order valence-corrected chi connectivity index (χ1v) is 10.3. The van der Waals surface area contributed by atoms with E-state index in [0.29, 0.717) is 32.7 Å². The van der Waals surface area contributed by atoms with Gasteiger partial charge in [0.2, 0.25) is 0 Å². The van der Waals surface area contributed by atoms with Crippen molar-refractivity contribution in [2.24, 2.45) is 0 Å². The monoisotopic (exact) mass is 440 g/mol. The summed E-state index contributed by atoms with van der Waals surface area (Å²) >= 11 is 12.5. The fraction of sp³-hybridized carbons (Fsp3) is 0.227. The van der Waals surface area contributed by atoms with Crippen molar-refractivity contribution in [2.75, 3.05) is 10.2 Å². The molecule has 2 aliphatic rings. The van der Waals surface area contributed by atoms with E-state index in [9.17, 15) is 9.59 Å². The average molecular weight is 441 g/mol. The molecule has 30 heavy (non-hydrogen) atoms. The van der Waals surface area contributed by atoms with Gasteiger partial charge in [0.1, 0.15) is 0 Å². The van der Waals surface area contributed by atoms with E-state index in [1.54, 1.807) is 36.7 Å². The molecule has 2 aliphatic heterocycles. The molecule has 3 heterocycles. The van der Waals surface area contributed by atoms with E-state index in [-0.39, 0.29) is 23.6 Å². The maximum absolute atomic E-state index is 13.7. The summed E-state index contributed by atoms with van der Waals surface area (Å²) in [5.74, 6) is -0.665. The van der Waals surface area contributed by atoms with Crippen molar-refractivity contribution in [3.63, 3.8) is 0 Å². The molecule has 0 radical (unpaired) electrons. The number of anilines is 2. The zero-order valence-corrected chi connectivity index (χ0v) is 18.0. The lowest BCUT2D eigenvalue weighted by atomic mass is 9.86. The number of imidazole rings is 1. The minimum absolute atomic E-state index is 0.00418. The molecule has 152 valence electrons. The van der Waals surface area contributed by atoms with Crippen molar-refractivity contribution < 1.29 is 9.59 Å². The Morgan fingerprint density at radius 3 is 2.50 bits per heavy atom. The molecule has 6 nitrogen and oxygen atoms in total. The smallest absolute Gasteiger partial charge is 0.280 e. The van der Waals surface area contributed by atoms with E-state index >= 15 is 0 Å². The standard InChI is InChI=1S/C22H18Cl2N4O2/c1-11(2)27-10-25-18-19(27)22(15-7-6-13(23)8-16(15)26-21(22)30)28(20(18)29)17-9-14(24)5-4-12(17)3/h4-11H,1-3H3,(H,26,30). The molecule has 0 saturated carbocycles. The maximum Gasteiger partial charge on any atom is 0.280 e. The number of nitrogens with zero attached hydrogens (tertiary/aromatic N) is 3. The Morgan fingerprint density at radius 2 is 1.77 bits per heavy atom. The van der Waals surface area contributed by atoms with E-state index in [0.717, 1.165) is 5.56 Å². The van der Waals surface area contributed by atoms with E-state index in [1.807, 2.05) is 31.4 Å². The second-order valence-electron chi connectivity index (χ2n) is 7.87. The molecule has 1 N–H and O–H groups in total. The predicted octanol–water partition coefficient (Wildman–Crippen LogP) is 4.94. The van der Waals surface area contributed by atoms with Gasteiger partial charge in [-0.15, -0.1) is 0 Å². The topological polar surface area (TPSA) is 67.2 Å². The molecule has 1 spiro atoms. The lowest BCUT2D eigenvalue weighted by Crippen LogP contribution is -2.51. The van der Waals surface area contributed by atoms with Gasteiger partial charge in [0, 0.05) is 27.3 Å². The van der Waals surface area contributed by atoms with Gasteiger partial charge < -0.3 is 9.88 Å². The second kappa shape index (κ2) is 6.33. The molecule has 0 bridgehead atoms. The summed E-state index contributed by atoms with van der Waals surface area (Å²) in [6.07, 6.45) is 1.62. The highest BCUT2D eigenvalue weighted by molar-refractivity contribution is 6.32. The number of rotatable bonds is 2. The fourth-order valence-electron chi connectivity index (χ4n) is 4.47. The van der Waals surface area contributed by atoms with Crippen molar-refractivity contribution in [1.29, 1.82) is 0 Å². The van der Waals surface area contributed by atoms with Gasteiger partial charge in [-0.05, 0) is 50.6 Å². The van der Waals surface area contributed by atoms with Gasteiger partial charge in [-0.2, -0.15) is 0 Å². The predicted molar refractivity (Wildman–Crippen MR) is 116 cm³/mol. The zero-order chi connectivity index (χ0) is 21.4. The second-order valence-corrected chi connectivity index (χ2v) is 8.74. The Balaban J connectivity index is 1.91. The molecule has 3 aromatic rings. The molecule has 8 heteroatoms. The van der Waals surface area contributed by atoms with Gasteiger partial charge in [0.05, 0.1) is 17.7 Å². The van der Waals surface area contributed by atoms with Crippen LogP contribution in [0.15, 0.2) is 42.7 Å². The highest BCUT2D eigenvalue weighted by Crippen LogP contribution is 2.53. The van der Waals surface area contributed by atoms with Crippen LogP contribution < -0.4 is 10.2 Å². The Labute approximate surface area is 183 Å². The minimum atomic E-state index is -1.40. The highest BCUT2D eigenvalue weighted by Gasteiger charge is 2.63. The number of fused-ring (bicyclic) bond motifs is 4. The summed E-state index contributed by atoms with van der Waals surface area (Å²) < 4.78 is 1.89. The first kappa shape index (κ1) is 19.2. The first-order chi connectivity index (χ1) is 14.3. The third kappa shape index (κ3) is 2.29. The third-order valence-corrected chi connectivity index (χ3v) is 6.26. The molecule has 2 amide bonds. The van der Waals surface area contributed by atoms with Crippen LogP contribution in [0, 0.1) is 6.92 Å². The van der Waals surface area contributed by atoms with Crippen LogP contribution in [0.25, 0.3) is 0 Å². The van der Waals surface area contributed by atoms with Gasteiger partial charge in [-0.25, -0.2) is 4.98 Å². The van der Waals surface area contributed by atoms with Crippen LogP contribution in [0.4, 0.5) is 11.4 Å². The van der Waals surface area contributed by atoms with Crippen LogP contribution in [-0.4, -0.2) is 21.4 Å².